The van der Waals surface area contributed by atoms with Crippen molar-refractivity contribution in [2.75, 3.05) is 26.2 Å². The van der Waals surface area contributed by atoms with E-state index in [0.717, 1.165) is 11.3 Å². The van der Waals surface area contributed by atoms with Crippen LogP contribution in [-0.4, -0.2) is 33.0 Å². The zero-order chi connectivity index (χ0) is 23.9. The summed E-state index contributed by atoms with van der Waals surface area (Å²) in [6.45, 7) is 4.11. The highest BCUT2D eigenvalue weighted by molar-refractivity contribution is 6.30. The zero-order valence-electron chi connectivity index (χ0n) is 19.5. The van der Waals surface area contributed by atoms with Crippen molar-refractivity contribution in [1.82, 2.24) is 0 Å². The molecule has 0 radical (unpaired) electrons. The van der Waals surface area contributed by atoms with Crippen molar-refractivity contribution in [3.05, 3.63) is 58.3 Å². The van der Waals surface area contributed by atoms with Crippen molar-refractivity contribution in [2.45, 2.75) is 39.0 Å². The highest BCUT2D eigenvalue weighted by atomic mass is 35.5. The number of hydrogen-bond acceptors (Lipinski definition) is 5. The second kappa shape index (κ2) is 8.75. The number of ether oxygens (including phenoxy) is 3. The van der Waals surface area contributed by atoms with E-state index in [-0.39, 0.29) is 23.5 Å². The van der Waals surface area contributed by atoms with Crippen LogP contribution < -0.4 is 19.1 Å². The fourth-order valence-electron chi connectivity index (χ4n) is 4.90. The summed E-state index contributed by atoms with van der Waals surface area (Å²) in [7, 11) is 4.68. The van der Waals surface area contributed by atoms with Crippen molar-refractivity contribution in [2.24, 2.45) is 5.41 Å². The fourth-order valence-corrected chi connectivity index (χ4v) is 5.02. The number of ketones is 1. The molecule has 7 heteroatoms. The second-order valence-electron chi connectivity index (χ2n) is 9.21. The van der Waals surface area contributed by atoms with Crippen LogP contribution in [0.4, 0.5) is 5.69 Å². The molecule has 0 saturated heterocycles. The van der Waals surface area contributed by atoms with Gasteiger partial charge in [0.15, 0.2) is 17.3 Å². The van der Waals surface area contributed by atoms with Gasteiger partial charge in [-0.1, -0.05) is 25.4 Å². The SMILES string of the molecule is COc1cc(OC)c([C@@H]2CC(=O)N(c3ccc(Cl)cc3)C3=C2C(=O)CC(C)(C)C3)cc1OC. The Balaban J connectivity index is 1.93. The molecule has 4 rings (SSSR count). The van der Waals surface area contributed by atoms with Gasteiger partial charge < -0.3 is 14.2 Å². The van der Waals surface area contributed by atoms with Gasteiger partial charge in [0.25, 0.3) is 0 Å². The monoisotopic (exact) mass is 469 g/mol. The molecule has 1 amide bonds. The van der Waals surface area contributed by atoms with E-state index in [2.05, 4.69) is 13.8 Å². The second-order valence-corrected chi connectivity index (χ2v) is 9.65. The van der Waals surface area contributed by atoms with Gasteiger partial charge in [0.05, 0.1) is 21.3 Å². The maximum absolute atomic E-state index is 13.6. The highest BCUT2D eigenvalue weighted by Crippen LogP contribution is 2.51. The zero-order valence-corrected chi connectivity index (χ0v) is 20.3. The Kier molecular flexibility index (Phi) is 6.14. The predicted molar refractivity (Wildman–Crippen MR) is 127 cm³/mol. The summed E-state index contributed by atoms with van der Waals surface area (Å²) in [4.78, 5) is 28.8. The lowest BCUT2D eigenvalue weighted by atomic mass is 9.69. The lowest BCUT2D eigenvalue weighted by Gasteiger charge is -2.43. The maximum Gasteiger partial charge on any atom is 0.232 e. The Hall–Kier alpha value is -2.99. The van der Waals surface area contributed by atoms with E-state index in [1.54, 1.807) is 44.4 Å². The molecule has 0 saturated carbocycles. The van der Waals surface area contributed by atoms with Gasteiger partial charge in [0, 0.05) is 52.4 Å². The van der Waals surface area contributed by atoms with Crippen molar-refractivity contribution < 1.29 is 23.8 Å². The minimum Gasteiger partial charge on any atom is -0.496 e. The molecule has 33 heavy (non-hydrogen) atoms. The number of carbonyl (C=O) groups is 2. The Morgan fingerprint density at radius 2 is 1.52 bits per heavy atom. The lowest BCUT2D eigenvalue weighted by Crippen LogP contribution is -2.43. The summed E-state index contributed by atoms with van der Waals surface area (Å²) in [6, 6.07) is 10.7. The van der Waals surface area contributed by atoms with Crippen LogP contribution >= 0.6 is 11.6 Å². The van der Waals surface area contributed by atoms with Crippen LogP contribution in [0.1, 0.15) is 44.6 Å². The molecule has 0 spiro atoms. The molecule has 0 fully saturated rings. The third-order valence-electron chi connectivity index (χ3n) is 6.34. The van der Waals surface area contributed by atoms with Crippen molar-refractivity contribution in [3.8, 4) is 17.2 Å². The minimum absolute atomic E-state index is 0.0505. The van der Waals surface area contributed by atoms with Crippen LogP contribution in [0.25, 0.3) is 0 Å². The van der Waals surface area contributed by atoms with Crippen LogP contribution in [0.2, 0.25) is 5.02 Å². The van der Waals surface area contributed by atoms with E-state index in [1.807, 2.05) is 18.2 Å². The topological polar surface area (TPSA) is 65.1 Å². The number of benzene rings is 2. The molecule has 2 aromatic carbocycles. The highest BCUT2D eigenvalue weighted by Gasteiger charge is 2.45. The largest absolute Gasteiger partial charge is 0.496 e. The number of nitrogens with zero attached hydrogens (tertiary/aromatic N) is 1. The quantitative estimate of drug-likeness (QED) is 0.576. The van der Waals surface area contributed by atoms with Crippen molar-refractivity contribution in [3.63, 3.8) is 0 Å². The molecule has 174 valence electrons. The van der Waals surface area contributed by atoms with E-state index in [9.17, 15) is 9.59 Å². The molecule has 1 aliphatic heterocycles. The van der Waals surface area contributed by atoms with Gasteiger partial charge in [0.1, 0.15) is 5.75 Å². The standard InChI is InChI=1S/C26H28ClNO5/c1-26(2)13-19-25(20(29)14-26)18(11-24(30)28(19)16-8-6-15(27)7-9-16)17-10-22(32-4)23(33-5)12-21(17)31-3/h6-10,12,18H,11,13-14H2,1-5H3/t18-/m0/s1. The third-order valence-corrected chi connectivity index (χ3v) is 6.59. The average Bonchev–Trinajstić information content (AvgIpc) is 2.77. The molecule has 0 N–H and O–H groups in total. The van der Waals surface area contributed by atoms with Gasteiger partial charge in [-0.25, -0.2) is 0 Å². The molecular formula is C26H28ClNO5. The first kappa shape index (κ1) is 23.2. The summed E-state index contributed by atoms with van der Waals surface area (Å²) in [5, 5.41) is 0.588. The molecule has 0 unspecified atom stereocenters. The van der Waals surface area contributed by atoms with Gasteiger partial charge in [-0.2, -0.15) is 0 Å². The van der Waals surface area contributed by atoms with Crippen molar-refractivity contribution >= 4 is 29.0 Å². The number of halogens is 1. The molecule has 1 heterocycles. The summed E-state index contributed by atoms with van der Waals surface area (Å²) >= 11 is 6.08. The molecule has 0 aromatic heterocycles. The lowest BCUT2D eigenvalue weighted by molar-refractivity contribution is -0.121. The van der Waals surface area contributed by atoms with Gasteiger partial charge in [-0.3, -0.25) is 14.5 Å². The molecule has 2 aliphatic rings. The van der Waals surface area contributed by atoms with Crippen LogP contribution in [0.5, 0.6) is 17.2 Å². The third kappa shape index (κ3) is 4.20. The van der Waals surface area contributed by atoms with Gasteiger partial charge in [0.2, 0.25) is 5.91 Å². The van der Waals surface area contributed by atoms with Gasteiger partial charge in [-0.05, 0) is 42.2 Å². The number of hydrogen-bond donors (Lipinski definition) is 0. The summed E-state index contributed by atoms with van der Waals surface area (Å²) in [5.41, 5.74) is 2.59. The Morgan fingerprint density at radius 1 is 0.909 bits per heavy atom. The Bertz CT molecular complexity index is 1140. The van der Waals surface area contributed by atoms with Crippen LogP contribution in [-0.2, 0) is 9.59 Å². The average molecular weight is 470 g/mol. The number of amides is 1. The fraction of sp³-hybridized carbons (Fsp3) is 0.385. The first-order valence-corrected chi connectivity index (χ1v) is 11.2. The first-order valence-electron chi connectivity index (χ1n) is 10.8. The van der Waals surface area contributed by atoms with Gasteiger partial charge >= 0.3 is 0 Å². The smallest absolute Gasteiger partial charge is 0.232 e. The van der Waals surface area contributed by atoms with E-state index in [4.69, 9.17) is 25.8 Å². The van der Waals surface area contributed by atoms with Crippen LogP contribution in [0.3, 0.4) is 0 Å². The van der Waals surface area contributed by atoms with Crippen LogP contribution in [0, 0.1) is 5.41 Å². The number of rotatable bonds is 5. The van der Waals surface area contributed by atoms with E-state index in [0.29, 0.717) is 46.4 Å². The minimum atomic E-state index is -0.436. The number of allylic oxidation sites excluding steroid dienone is 2. The maximum atomic E-state index is 13.6. The molecule has 2 aromatic rings. The molecule has 1 atom stereocenters. The van der Waals surface area contributed by atoms with Crippen molar-refractivity contribution in [1.29, 1.82) is 0 Å². The van der Waals surface area contributed by atoms with E-state index >= 15 is 0 Å². The Morgan fingerprint density at radius 3 is 2.12 bits per heavy atom. The molecule has 1 aliphatic carbocycles. The summed E-state index contributed by atoms with van der Waals surface area (Å²) in [6.07, 6.45) is 1.16. The number of Topliss-reactive ketones (excluding diaryl/α,β-unsaturated/α-hetero) is 1. The van der Waals surface area contributed by atoms with E-state index < -0.39 is 5.92 Å². The summed E-state index contributed by atoms with van der Waals surface area (Å²) in [5.74, 6) is 1.13. The Labute approximate surface area is 199 Å². The number of methoxy groups -OCH3 is 3. The van der Waals surface area contributed by atoms with E-state index in [1.165, 1.54) is 0 Å². The molecule has 0 bridgehead atoms. The number of anilines is 1. The molecular weight excluding hydrogens is 442 g/mol. The van der Waals surface area contributed by atoms with Crippen LogP contribution in [0.15, 0.2) is 47.7 Å². The predicted octanol–water partition coefficient (Wildman–Crippen LogP) is 5.53. The number of carbonyl (C=O) groups excluding carboxylic acids is 2. The molecule has 6 nitrogen and oxygen atoms in total. The summed E-state index contributed by atoms with van der Waals surface area (Å²) < 4.78 is 16.6. The normalized spacial score (nSPS) is 19.9. The van der Waals surface area contributed by atoms with Gasteiger partial charge in [-0.15, -0.1) is 0 Å². The first-order chi connectivity index (χ1) is 15.7.